The maximum absolute atomic E-state index is 12.1. The van der Waals surface area contributed by atoms with Gasteiger partial charge in [-0.3, -0.25) is 0 Å². The lowest BCUT2D eigenvalue weighted by atomic mass is 10.1. The van der Waals surface area contributed by atoms with Gasteiger partial charge in [0.15, 0.2) is 0 Å². The second-order valence-electron chi connectivity index (χ2n) is 4.57. The minimum Gasteiger partial charge on any atom is -0.302 e. The molecule has 0 spiro atoms. The van der Waals surface area contributed by atoms with Crippen molar-refractivity contribution >= 4 is 34.4 Å². The Labute approximate surface area is 132 Å². The highest BCUT2D eigenvalue weighted by Crippen LogP contribution is 2.23. The average Bonchev–Trinajstić information content (AvgIpc) is 2.72. The number of benzene rings is 1. The Hall–Kier alpha value is -1.49. The number of allylic oxidation sites excluding steroid dienone is 6. The third kappa shape index (κ3) is 4.24. The number of hydrogen-bond acceptors (Lipinski definition) is 2. The second kappa shape index (κ2) is 7.50. The van der Waals surface area contributed by atoms with Crippen molar-refractivity contribution in [3.05, 3.63) is 59.2 Å². The molecule has 1 atom stereocenters. The number of aldehydes is 1. The standard InChI is InChI=1S/C16H16ClNO2S/c1-18(11-12-19)21(20)16-9-6-14(7-10-16)13-3-2-4-15(17)8-5-13/h3-10,12H,2,11H2,1H3. The van der Waals surface area contributed by atoms with E-state index in [1.165, 1.54) is 4.31 Å². The van der Waals surface area contributed by atoms with Gasteiger partial charge in [-0.15, -0.1) is 0 Å². The van der Waals surface area contributed by atoms with E-state index in [9.17, 15) is 9.00 Å². The van der Waals surface area contributed by atoms with Crippen LogP contribution in [0, 0.1) is 0 Å². The topological polar surface area (TPSA) is 37.4 Å². The Morgan fingerprint density at radius 3 is 2.62 bits per heavy atom. The summed E-state index contributed by atoms with van der Waals surface area (Å²) in [4.78, 5) is 11.1. The van der Waals surface area contributed by atoms with Crippen LogP contribution in [0.2, 0.25) is 0 Å². The van der Waals surface area contributed by atoms with Crippen LogP contribution >= 0.6 is 11.6 Å². The van der Waals surface area contributed by atoms with E-state index >= 15 is 0 Å². The van der Waals surface area contributed by atoms with Crippen LogP contribution in [0.1, 0.15) is 12.0 Å². The van der Waals surface area contributed by atoms with Crippen molar-refractivity contribution in [2.75, 3.05) is 13.6 Å². The van der Waals surface area contributed by atoms with Crippen LogP contribution in [0.25, 0.3) is 5.57 Å². The molecule has 0 radical (unpaired) electrons. The molecule has 3 nitrogen and oxygen atoms in total. The Bertz CT molecular complexity index is 632. The van der Waals surface area contributed by atoms with Gasteiger partial charge in [0.2, 0.25) is 0 Å². The molecule has 0 saturated carbocycles. The molecule has 0 saturated heterocycles. The lowest BCUT2D eigenvalue weighted by Gasteiger charge is -2.12. The summed E-state index contributed by atoms with van der Waals surface area (Å²) >= 11 is 5.97. The molecule has 2 rings (SSSR count). The Kier molecular flexibility index (Phi) is 5.67. The maximum Gasteiger partial charge on any atom is 0.135 e. The van der Waals surface area contributed by atoms with Gasteiger partial charge < -0.3 is 4.79 Å². The highest BCUT2D eigenvalue weighted by Gasteiger charge is 2.10. The quantitative estimate of drug-likeness (QED) is 0.780. The number of rotatable bonds is 5. The fraction of sp³-hybridized carbons (Fsp3) is 0.188. The Morgan fingerprint density at radius 1 is 1.24 bits per heavy atom. The van der Waals surface area contributed by atoms with Crippen LogP contribution in [0.4, 0.5) is 0 Å². The summed E-state index contributed by atoms with van der Waals surface area (Å²) in [6.07, 6.45) is 9.40. The van der Waals surface area contributed by atoms with Gasteiger partial charge >= 0.3 is 0 Å². The zero-order chi connectivity index (χ0) is 15.2. The summed E-state index contributed by atoms with van der Waals surface area (Å²) in [6.45, 7) is 0.145. The summed E-state index contributed by atoms with van der Waals surface area (Å²) in [6, 6.07) is 7.50. The lowest BCUT2D eigenvalue weighted by molar-refractivity contribution is -0.107. The van der Waals surface area contributed by atoms with E-state index in [2.05, 4.69) is 6.08 Å². The van der Waals surface area contributed by atoms with E-state index in [0.29, 0.717) is 4.90 Å². The molecular formula is C16H16ClNO2S. The van der Waals surface area contributed by atoms with Crippen molar-refractivity contribution in [3.63, 3.8) is 0 Å². The number of nitrogens with zero attached hydrogens (tertiary/aromatic N) is 1. The zero-order valence-electron chi connectivity index (χ0n) is 11.7. The number of halogens is 1. The monoisotopic (exact) mass is 321 g/mol. The number of hydrogen-bond donors (Lipinski definition) is 0. The highest BCUT2D eigenvalue weighted by atomic mass is 35.5. The number of carbonyl (C=O) groups excluding carboxylic acids is 1. The van der Waals surface area contributed by atoms with E-state index in [1.54, 1.807) is 7.05 Å². The first kappa shape index (κ1) is 15.9. The third-order valence-electron chi connectivity index (χ3n) is 3.08. The van der Waals surface area contributed by atoms with Crippen LogP contribution in [0.3, 0.4) is 0 Å². The molecule has 1 aliphatic carbocycles. The molecule has 110 valence electrons. The Balaban J connectivity index is 2.16. The molecule has 5 heteroatoms. The molecule has 0 heterocycles. The van der Waals surface area contributed by atoms with Gasteiger partial charge in [-0.2, -0.15) is 0 Å². The predicted molar refractivity (Wildman–Crippen MR) is 87.2 cm³/mol. The summed E-state index contributed by atoms with van der Waals surface area (Å²) in [5.74, 6) is 0. The lowest BCUT2D eigenvalue weighted by Crippen LogP contribution is -2.23. The van der Waals surface area contributed by atoms with Crippen LogP contribution in [-0.4, -0.2) is 28.4 Å². The van der Waals surface area contributed by atoms with Crippen molar-refractivity contribution in [3.8, 4) is 0 Å². The normalized spacial score (nSPS) is 16.1. The van der Waals surface area contributed by atoms with E-state index < -0.39 is 11.0 Å². The largest absolute Gasteiger partial charge is 0.302 e. The fourth-order valence-electron chi connectivity index (χ4n) is 1.93. The van der Waals surface area contributed by atoms with E-state index in [0.717, 1.165) is 28.9 Å². The molecule has 0 aliphatic heterocycles. The molecule has 0 fully saturated rings. The van der Waals surface area contributed by atoms with Crippen LogP contribution < -0.4 is 0 Å². The molecule has 1 aliphatic rings. The van der Waals surface area contributed by atoms with Gasteiger partial charge in [-0.1, -0.05) is 42.0 Å². The highest BCUT2D eigenvalue weighted by molar-refractivity contribution is 7.82. The van der Waals surface area contributed by atoms with E-state index in [1.807, 2.05) is 42.5 Å². The van der Waals surface area contributed by atoms with Crippen molar-refractivity contribution in [1.29, 1.82) is 0 Å². The fourth-order valence-corrected chi connectivity index (χ4v) is 3.01. The first-order chi connectivity index (χ1) is 10.1. The molecule has 0 aromatic heterocycles. The van der Waals surface area contributed by atoms with Crippen molar-refractivity contribution in [2.24, 2.45) is 0 Å². The first-order valence-electron chi connectivity index (χ1n) is 6.53. The van der Waals surface area contributed by atoms with E-state index in [-0.39, 0.29) is 6.54 Å². The minimum absolute atomic E-state index is 0.145. The number of likely N-dealkylation sites (N-methyl/N-ethyl adjacent to an activating group) is 1. The molecule has 0 amide bonds. The molecule has 1 unspecified atom stereocenters. The zero-order valence-corrected chi connectivity index (χ0v) is 13.2. The summed E-state index contributed by atoms with van der Waals surface area (Å²) in [5, 5.41) is 0.731. The first-order valence-corrected chi connectivity index (χ1v) is 8.01. The molecule has 0 bridgehead atoms. The Morgan fingerprint density at radius 2 is 1.95 bits per heavy atom. The van der Waals surface area contributed by atoms with Crippen molar-refractivity contribution in [1.82, 2.24) is 4.31 Å². The minimum atomic E-state index is -1.32. The molecule has 21 heavy (non-hydrogen) atoms. The van der Waals surface area contributed by atoms with Gasteiger partial charge in [0.1, 0.15) is 17.3 Å². The molecular weight excluding hydrogens is 306 g/mol. The summed E-state index contributed by atoms with van der Waals surface area (Å²) in [5.41, 5.74) is 2.13. The smallest absolute Gasteiger partial charge is 0.135 e. The number of carbonyl (C=O) groups is 1. The molecule has 0 N–H and O–H groups in total. The van der Waals surface area contributed by atoms with Crippen LogP contribution in [0.15, 0.2) is 58.5 Å². The van der Waals surface area contributed by atoms with Gasteiger partial charge in [-0.25, -0.2) is 8.51 Å². The predicted octanol–water partition coefficient (Wildman–Crippen LogP) is 3.31. The van der Waals surface area contributed by atoms with Gasteiger partial charge in [0, 0.05) is 12.1 Å². The SMILES string of the molecule is CN(CC=O)S(=O)c1ccc(C2=CCC=C(Cl)C=C2)cc1. The van der Waals surface area contributed by atoms with E-state index in [4.69, 9.17) is 11.6 Å². The van der Waals surface area contributed by atoms with Crippen molar-refractivity contribution < 1.29 is 9.00 Å². The molecule has 1 aromatic carbocycles. The summed E-state index contributed by atoms with van der Waals surface area (Å²) < 4.78 is 13.6. The third-order valence-corrected chi connectivity index (χ3v) is 4.75. The van der Waals surface area contributed by atoms with Crippen molar-refractivity contribution in [2.45, 2.75) is 11.3 Å². The maximum atomic E-state index is 12.1. The van der Waals surface area contributed by atoms with Crippen LogP contribution in [-0.2, 0) is 15.8 Å². The van der Waals surface area contributed by atoms with Crippen LogP contribution in [0.5, 0.6) is 0 Å². The molecule has 1 aromatic rings. The van der Waals surface area contributed by atoms with Gasteiger partial charge in [0.25, 0.3) is 0 Å². The average molecular weight is 322 g/mol. The second-order valence-corrected chi connectivity index (χ2v) is 6.60. The summed E-state index contributed by atoms with van der Waals surface area (Å²) in [7, 11) is 0.338. The van der Waals surface area contributed by atoms with Gasteiger partial charge in [-0.05, 0) is 35.8 Å². The van der Waals surface area contributed by atoms with Gasteiger partial charge in [0.05, 0.1) is 11.4 Å².